The van der Waals surface area contributed by atoms with E-state index in [1.165, 1.54) is 0 Å². The normalized spacial score (nSPS) is 22.3. The molecule has 0 aliphatic carbocycles. The van der Waals surface area contributed by atoms with Crippen LogP contribution in [0, 0.1) is 0 Å². The van der Waals surface area contributed by atoms with Gasteiger partial charge in [-0.15, -0.1) is 0 Å². The first-order valence-electron chi connectivity index (χ1n) is 7.25. The fourth-order valence-electron chi connectivity index (χ4n) is 2.44. The molecular weight excluding hydrogens is 244 g/mol. The summed E-state index contributed by atoms with van der Waals surface area (Å²) in [5.74, 6) is -0.882. The lowest BCUT2D eigenvalue weighted by Crippen LogP contribution is -2.52. The smallest absolute Gasteiger partial charge is 0.326 e. The summed E-state index contributed by atoms with van der Waals surface area (Å²) in [7, 11) is 1.76. The van der Waals surface area contributed by atoms with Crippen LogP contribution in [0.5, 0.6) is 0 Å². The molecule has 5 heteroatoms. The third-order valence-electron chi connectivity index (χ3n) is 4.09. The van der Waals surface area contributed by atoms with E-state index in [-0.39, 0.29) is 12.1 Å². The van der Waals surface area contributed by atoms with E-state index in [2.05, 4.69) is 0 Å². The van der Waals surface area contributed by atoms with Gasteiger partial charge < -0.3 is 14.9 Å². The molecule has 0 radical (unpaired) electrons. The van der Waals surface area contributed by atoms with Gasteiger partial charge in [-0.25, -0.2) is 9.59 Å². The summed E-state index contributed by atoms with van der Waals surface area (Å²) in [6, 6.07) is -0.685. The number of hydrogen-bond donors (Lipinski definition) is 1. The predicted molar refractivity (Wildman–Crippen MR) is 74.1 cm³/mol. The Morgan fingerprint density at radius 1 is 1.32 bits per heavy atom. The van der Waals surface area contributed by atoms with Crippen molar-refractivity contribution in [3.8, 4) is 0 Å². The molecule has 2 unspecified atom stereocenters. The van der Waals surface area contributed by atoms with Crippen molar-refractivity contribution in [3.05, 3.63) is 0 Å². The van der Waals surface area contributed by atoms with Gasteiger partial charge >= 0.3 is 12.0 Å². The highest BCUT2D eigenvalue weighted by Crippen LogP contribution is 2.19. The van der Waals surface area contributed by atoms with Crippen molar-refractivity contribution in [2.45, 2.75) is 64.5 Å². The molecule has 5 nitrogen and oxygen atoms in total. The summed E-state index contributed by atoms with van der Waals surface area (Å²) in [6.45, 7) is 4.56. The molecule has 0 aromatic heterocycles. The fourth-order valence-corrected chi connectivity index (χ4v) is 2.44. The molecule has 1 rings (SSSR count). The third-order valence-corrected chi connectivity index (χ3v) is 4.09. The number of likely N-dealkylation sites (tertiary alicyclic amines) is 1. The van der Waals surface area contributed by atoms with Gasteiger partial charge in [0.15, 0.2) is 0 Å². The largest absolute Gasteiger partial charge is 0.480 e. The number of rotatable bonds is 3. The number of amides is 2. The molecule has 1 fully saturated rings. The van der Waals surface area contributed by atoms with Crippen molar-refractivity contribution in [2.24, 2.45) is 0 Å². The molecule has 0 spiro atoms. The standard InChI is InChI=1S/C14H26N2O3/c1-4-11(2)15(3)14(19)16-10-8-6-5-7-9-12(16)13(17)18/h11-12H,4-10H2,1-3H3,(H,17,18). The Kier molecular flexibility index (Phi) is 6.12. The summed E-state index contributed by atoms with van der Waals surface area (Å²) in [4.78, 5) is 27.1. The number of carboxylic acid groups (broad SMARTS) is 1. The first-order valence-corrected chi connectivity index (χ1v) is 7.25. The molecule has 1 saturated heterocycles. The van der Waals surface area contributed by atoms with Gasteiger partial charge in [0.2, 0.25) is 0 Å². The van der Waals surface area contributed by atoms with Crippen molar-refractivity contribution in [1.29, 1.82) is 0 Å². The van der Waals surface area contributed by atoms with Crippen LogP contribution in [-0.2, 0) is 4.79 Å². The maximum absolute atomic E-state index is 12.5. The molecule has 0 saturated carbocycles. The Labute approximate surface area is 115 Å². The highest BCUT2D eigenvalue weighted by atomic mass is 16.4. The topological polar surface area (TPSA) is 60.9 Å². The number of hydrogen-bond acceptors (Lipinski definition) is 2. The van der Waals surface area contributed by atoms with Gasteiger partial charge in [0.05, 0.1) is 0 Å². The molecule has 1 aliphatic heterocycles. The first kappa shape index (κ1) is 15.8. The zero-order valence-corrected chi connectivity index (χ0v) is 12.3. The van der Waals surface area contributed by atoms with Crippen LogP contribution in [0.1, 0.15) is 52.4 Å². The molecule has 1 heterocycles. The second-order valence-corrected chi connectivity index (χ2v) is 5.40. The lowest BCUT2D eigenvalue weighted by Gasteiger charge is -2.36. The maximum atomic E-state index is 12.5. The van der Waals surface area contributed by atoms with Crippen LogP contribution in [0.25, 0.3) is 0 Å². The zero-order chi connectivity index (χ0) is 14.4. The molecule has 1 aliphatic rings. The molecule has 110 valence electrons. The summed E-state index contributed by atoms with van der Waals surface area (Å²) in [6.07, 6.45) is 5.34. The van der Waals surface area contributed by atoms with Crippen LogP contribution < -0.4 is 0 Å². The Morgan fingerprint density at radius 2 is 1.95 bits per heavy atom. The number of carbonyl (C=O) groups excluding carboxylic acids is 1. The van der Waals surface area contributed by atoms with Gasteiger partial charge in [-0.2, -0.15) is 0 Å². The molecule has 1 N–H and O–H groups in total. The fraction of sp³-hybridized carbons (Fsp3) is 0.857. The van der Waals surface area contributed by atoms with E-state index in [0.717, 1.165) is 32.1 Å². The molecule has 0 aromatic carbocycles. The molecule has 0 aromatic rings. The molecule has 2 atom stereocenters. The van der Waals surface area contributed by atoms with Gasteiger partial charge in [-0.3, -0.25) is 0 Å². The lowest BCUT2D eigenvalue weighted by molar-refractivity contribution is -0.142. The Bertz CT molecular complexity index is 320. The SMILES string of the molecule is CCC(C)N(C)C(=O)N1CCCCCCC1C(=O)O. The lowest BCUT2D eigenvalue weighted by atomic mass is 10.0. The highest BCUT2D eigenvalue weighted by Gasteiger charge is 2.32. The number of nitrogens with zero attached hydrogens (tertiary/aromatic N) is 2. The monoisotopic (exact) mass is 270 g/mol. The Hall–Kier alpha value is -1.26. The van der Waals surface area contributed by atoms with E-state index in [1.54, 1.807) is 16.8 Å². The molecular formula is C14H26N2O3. The average Bonchev–Trinajstić information content (AvgIpc) is 2.35. The molecule has 19 heavy (non-hydrogen) atoms. The second-order valence-electron chi connectivity index (χ2n) is 5.40. The van der Waals surface area contributed by atoms with Crippen molar-refractivity contribution >= 4 is 12.0 Å². The summed E-state index contributed by atoms with van der Waals surface area (Å²) in [5, 5.41) is 9.34. The van der Waals surface area contributed by atoms with Crippen LogP contribution in [-0.4, -0.2) is 52.6 Å². The van der Waals surface area contributed by atoms with E-state index in [9.17, 15) is 14.7 Å². The number of carboxylic acids is 1. The minimum atomic E-state index is -0.882. The first-order chi connectivity index (χ1) is 8.99. The molecule has 0 bridgehead atoms. The summed E-state index contributed by atoms with van der Waals surface area (Å²) in [5.41, 5.74) is 0. The maximum Gasteiger partial charge on any atom is 0.326 e. The van der Waals surface area contributed by atoms with Crippen LogP contribution in [0.4, 0.5) is 4.79 Å². The van der Waals surface area contributed by atoms with Gasteiger partial charge in [0.1, 0.15) is 6.04 Å². The predicted octanol–water partition coefficient (Wildman–Crippen LogP) is 2.56. The minimum absolute atomic E-state index is 0.132. The Morgan fingerprint density at radius 3 is 2.53 bits per heavy atom. The molecule has 2 amide bonds. The van der Waals surface area contributed by atoms with Gasteiger partial charge in [-0.1, -0.05) is 26.2 Å². The Balaban J connectivity index is 2.83. The summed E-state index contributed by atoms with van der Waals surface area (Å²) < 4.78 is 0. The van der Waals surface area contributed by atoms with E-state index in [1.807, 2.05) is 13.8 Å². The highest BCUT2D eigenvalue weighted by molar-refractivity contribution is 5.82. The zero-order valence-electron chi connectivity index (χ0n) is 12.3. The van der Waals surface area contributed by atoms with Crippen LogP contribution in [0.15, 0.2) is 0 Å². The van der Waals surface area contributed by atoms with Crippen LogP contribution >= 0.6 is 0 Å². The number of urea groups is 1. The van der Waals surface area contributed by atoms with Crippen LogP contribution in [0.3, 0.4) is 0 Å². The van der Waals surface area contributed by atoms with E-state index in [4.69, 9.17) is 0 Å². The van der Waals surface area contributed by atoms with Crippen molar-refractivity contribution in [1.82, 2.24) is 9.80 Å². The van der Waals surface area contributed by atoms with E-state index < -0.39 is 12.0 Å². The third kappa shape index (κ3) is 4.11. The van der Waals surface area contributed by atoms with Crippen molar-refractivity contribution < 1.29 is 14.7 Å². The van der Waals surface area contributed by atoms with Gasteiger partial charge in [0.25, 0.3) is 0 Å². The van der Waals surface area contributed by atoms with Gasteiger partial charge in [-0.05, 0) is 26.2 Å². The van der Waals surface area contributed by atoms with Crippen molar-refractivity contribution in [2.75, 3.05) is 13.6 Å². The second kappa shape index (κ2) is 7.36. The van der Waals surface area contributed by atoms with Crippen LogP contribution in [0.2, 0.25) is 0 Å². The number of aliphatic carboxylic acids is 1. The van der Waals surface area contributed by atoms with E-state index >= 15 is 0 Å². The minimum Gasteiger partial charge on any atom is -0.480 e. The quantitative estimate of drug-likeness (QED) is 0.857. The average molecular weight is 270 g/mol. The summed E-state index contributed by atoms with van der Waals surface area (Å²) >= 11 is 0. The van der Waals surface area contributed by atoms with Gasteiger partial charge in [0, 0.05) is 19.6 Å². The number of carbonyl (C=O) groups is 2. The van der Waals surface area contributed by atoms with E-state index in [0.29, 0.717) is 13.0 Å². The van der Waals surface area contributed by atoms with Crippen molar-refractivity contribution in [3.63, 3.8) is 0 Å².